The van der Waals surface area contributed by atoms with Gasteiger partial charge in [-0.1, -0.05) is 48.5 Å². The maximum Gasteiger partial charge on any atom is 0.233 e. The van der Waals surface area contributed by atoms with E-state index < -0.39 is 10.8 Å². The molecule has 180 valence electrons. The Hall–Kier alpha value is -2.73. The lowest BCUT2D eigenvalue weighted by Gasteiger charge is -2.44. The average Bonchev–Trinajstić information content (AvgIpc) is 3.09. The van der Waals surface area contributed by atoms with Gasteiger partial charge in [0, 0.05) is 45.0 Å². The molecule has 1 atom stereocenters. The van der Waals surface area contributed by atoms with E-state index in [0.29, 0.717) is 57.6 Å². The number of carbonyl (C=O) groups is 2. The Morgan fingerprint density at radius 2 is 1.65 bits per heavy atom. The fourth-order valence-corrected chi connectivity index (χ4v) is 6.34. The molecular weight excluding hydrogens is 431 g/mol. The number of carbonyl (C=O) groups excluding carboxylic acids is 2. The number of halogens is 1. The predicted molar refractivity (Wildman–Crippen MR) is 128 cm³/mol. The van der Waals surface area contributed by atoms with Gasteiger partial charge in [-0.2, -0.15) is 0 Å². The molecule has 3 saturated heterocycles. The predicted octanol–water partition coefficient (Wildman–Crippen LogP) is 3.96. The van der Waals surface area contributed by atoms with Crippen molar-refractivity contribution in [2.24, 2.45) is 5.41 Å². The maximum atomic E-state index is 14.8. The second-order valence-corrected chi connectivity index (χ2v) is 10.2. The van der Waals surface area contributed by atoms with Gasteiger partial charge in [0.15, 0.2) is 0 Å². The normalized spacial score (nSPS) is 23.9. The Bertz CT molecular complexity index is 1040. The second-order valence-electron chi connectivity index (χ2n) is 10.2. The summed E-state index contributed by atoms with van der Waals surface area (Å²) in [5, 5.41) is 0. The standard InChI is InChI=1S/C28H33FN2O3/c1-30-22(19-21-7-3-2-4-8-21)20-27(25(30)32)11-15-31(16-12-27)26(33)28(13-17-34-18-14-28)23-9-5-6-10-24(23)29/h2-10,22H,11-20H2,1H3/t22-/m0/s1. The molecule has 34 heavy (non-hydrogen) atoms. The van der Waals surface area contributed by atoms with Crippen molar-refractivity contribution in [2.75, 3.05) is 33.4 Å². The minimum Gasteiger partial charge on any atom is -0.381 e. The van der Waals surface area contributed by atoms with Crippen LogP contribution in [0.15, 0.2) is 54.6 Å². The van der Waals surface area contributed by atoms with Gasteiger partial charge in [-0.25, -0.2) is 4.39 Å². The Labute approximate surface area is 200 Å². The number of ether oxygens (including phenoxy) is 1. The van der Waals surface area contributed by atoms with E-state index in [1.807, 2.05) is 35.0 Å². The summed E-state index contributed by atoms with van der Waals surface area (Å²) >= 11 is 0. The molecule has 0 aliphatic carbocycles. The van der Waals surface area contributed by atoms with E-state index in [0.717, 1.165) is 12.8 Å². The molecule has 0 unspecified atom stereocenters. The molecule has 2 aromatic rings. The van der Waals surface area contributed by atoms with Gasteiger partial charge in [-0.15, -0.1) is 0 Å². The summed E-state index contributed by atoms with van der Waals surface area (Å²) in [4.78, 5) is 31.0. The molecule has 3 heterocycles. The molecule has 3 fully saturated rings. The SMILES string of the molecule is CN1C(=O)C2(CCN(C(=O)C3(c4ccccc4F)CCOCC3)CC2)C[C@@H]1Cc1ccccc1. The second kappa shape index (κ2) is 9.14. The van der Waals surface area contributed by atoms with Gasteiger partial charge in [0.05, 0.1) is 10.8 Å². The molecule has 2 aromatic carbocycles. The lowest BCUT2D eigenvalue weighted by atomic mass is 9.71. The van der Waals surface area contributed by atoms with Crippen molar-refractivity contribution in [3.63, 3.8) is 0 Å². The Balaban J connectivity index is 1.32. The minimum atomic E-state index is -0.888. The molecule has 3 aliphatic rings. The van der Waals surface area contributed by atoms with E-state index >= 15 is 0 Å². The zero-order valence-corrected chi connectivity index (χ0v) is 19.8. The van der Waals surface area contributed by atoms with Crippen LogP contribution >= 0.6 is 0 Å². The maximum absolute atomic E-state index is 14.8. The molecular formula is C28H33FN2O3. The summed E-state index contributed by atoms with van der Waals surface area (Å²) < 4.78 is 20.4. The third-order valence-electron chi connectivity index (χ3n) is 8.42. The van der Waals surface area contributed by atoms with Crippen molar-refractivity contribution in [1.29, 1.82) is 0 Å². The zero-order valence-electron chi connectivity index (χ0n) is 19.8. The summed E-state index contributed by atoms with van der Waals surface area (Å²) in [6.07, 6.45) is 3.97. The molecule has 0 bridgehead atoms. The number of hydrogen-bond acceptors (Lipinski definition) is 3. The number of likely N-dealkylation sites (N-methyl/N-ethyl adjacent to an activating group) is 1. The van der Waals surface area contributed by atoms with Crippen molar-refractivity contribution >= 4 is 11.8 Å². The Morgan fingerprint density at radius 1 is 1.00 bits per heavy atom. The molecule has 0 radical (unpaired) electrons. The van der Waals surface area contributed by atoms with Gasteiger partial charge in [0.1, 0.15) is 5.82 Å². The number of benzene rings is 2. The summed E-state index contributed by atoms with van der Waals surface area (Å²) in [5.74, 6) is -0.145. The highest BCUT2D eigenvalue weighted by molar-refractivity contribution is 5.90. The number of amides is 2. The van der Waals surface area contributed by atoms with E-state index in [1.165, 1.54) is 11.6 Å². The monoisotopic (exact) mass is 464 g/mol. The smallest absolute Gasteiger partial charge is 0.233 e. The first-order chi connectivity index (χ1) is 16.5. The van der Waals surface area contributed by atoms with Crippen LogP contribution in [0.25, 0.3) is 0 Å². The third-order valence-corrected chi connectivity index (χ3v) is 8.42. The number of hydrogen-bond donors (Lipinski definition) is 0. The Kier molecular flexibility index (Phi) is 6.19. The molecule has 6 heteroatoms. The lowest BCUT2D eigenvalue weighted by molar-refractivity contribution is -0.147. The highest BCUT2D eigenvalue weighted by Gasteiger charge is 2.53. The zero-order chi connectivity index (χ0) is 23.8. The summed E-state index contributed by atoms with van der Waals surface area (Å²) in [7, 11) is 1.91. The molecule has 5 rings (SSSR count). The fraction of sp³-hybridized carbons (Fsp3) is 0.500. The van der Waals surface area contributed by atoms with Crippen LogP contribution in [-0.2, 0) is 26.2 Å². The van der Waals surface area contributed by atoms with Gasteiger partial charge in [-0.3, -0.25) is 9.59 Å². The molecule has 5 nitrogen and oxygen atoms in total. The summed E-state index contributed by atoms with van der Waals surface area (Å²) in [6.45, 7) is 1.96. The highest BCUT2D eigenvalue weighted by atomic mass is 19.1. The number of nitrogens with zero attached hydrogens (tertiary/aromatic N) is 2. The fourth-order valence-electron chi connectivity index (χ4n) is 6.34. The van der Waals surface area contributed by atoms with E-state index in [2.05, 4.69) is 12.1 Å². The van der Waals surface area contributed by atoms with Crippen LogP contribution in [0.5, 0.6) is 0 Å². The van der Waals surface area contributed by atoms with Crippen LogP contribution in [0, 0.1) is 11.2 Å². The van der Waals surface area contributed by atoms with Crippen molar-refractivity contribution < 1.29 is 18.7 Å². The molecule has 0 saturated carbocycles. The van der Waals surface area contributed by atoms with Gasteiger partial charge in [-0.05, 0) is 50.2 Å². The minimum absolute atomic E-state index is 0.0182. The van der Waals surface area contributed by atoms with Gasteiger partial charge in [0.2, 0.25) is 11.8 Å². The van der Waals surface area contributed by atoms with E-state index in [9.17, 15) is 14.0 Å². The van der Waals surface area contributed by atoms with E-state index in [4.69, 9.17) is 4.74 Å². The molecule has 1 spiro atoms. The Morgan fingerprint density at radius 3 is 2.32 bits per heavy atom. The quantitative estimate of drug-likeness (QED) is 0.688. The van der Waals surface area contributed by atoms with Crippen LogP contribution < -0.4 is 0 Å². The number of rotatable bonds is 4. The van der Waals surface area contributed by atoms with Crippen LogP contribution in [0.2, 0.25) is 0 Å². The highest BCUT2D eigenvalue weighted by Crippen LogP contribution is 2.46. The molecule has 2 amide bonds. The van der Waals surface area contributed by atoms with E-state index in [1.54, 1.807) is 18.2 Å². The van der Waals surface area contributed by atoms with Gasteiger partial charge < -0.3 is 14.5 Å². The van der Waals surface area contributed by atoms with Gasteiger partial charge >= 0.3 is 0 Å². The molecule has 0 aromatic heterocycles. The number of likely N-dealkylation sites (tertiary alicyclic amines) is 2. The first-order valence-electron chi connectivity index (χ1n) is 12.4. The average molecular weight is 465 g/mol. The van der Waals surface area contributed by atoms with Crippen molar-refractivity contribution in [3.8, 4) is 0 Å². The van der Waals surface area contributed by atoms with Crippen molar-refractivity contribution in [2.45, 2.75) is 50.0 Å². The van der Waals surface area contributed by atoms with Gasteiger partial charge in [0.25, 0.3) is 0 Å². The van der Waals surface area contributed by atoms with E-state index in [-0.39, 0.29) is 23.7 Å². The van der Waals surface area contributed by atoms with Crippen LogP contribution in [0.4, 0.5) is 4.39 Å². The number of piperidine rings is 1. The largest absolute Gasteiger partial charge is 0.381 e. The van der Waals surface area contributed by atoms with Crippen LogP contribution in [0.1, 0.15) is 43.2 Å². The topological polar surface area (TPSA) is 49.9 Å². The van der Waals surface area contributed by atoms with Crippen molar-refractivity contribution in [1.82, 2.24) is 9.80 Å². The first-order valence-corrected chi connectivity index (χ1v) is 12.4. The summed E-state index contributed by atoms with van der Waals surface area (Å²) in [5.41, 5.74) is 0.429. The summed E-state index contributed by atoms with van der Waals surface area (Å²) in [6, 6.07) is 17.1. The molecule has 3 aliphatic heterocycles. The van der Waals surface area contributed by atoms with Crippen molar-refractivity contribution in [3.05, 3.63) is 71.5 Å². The third kappa shape index (κ3) is 3.92. The molecule has 0 N–H and O–H groups in total. The van der Waals surface area contributed by atoms with Crippen LogP contribution in [-0.4, -0.2) is 61.0 Å². The first kappa shape index (κ1) is 23.0. The lowest BCUT2D eigenvalue weighted by Crippen LogP contribution is -2.54. The van der Waals surface area contributed by atoms with Crippen LogP contribution in [0.3, 0.4) is 0 Å².